The number of thiazole rings is 1. The SMILES string of the molecule is CN(CCOc1ccccc1F)CC(=O)N(C)c1nc2ccccc2s1. The van der Waals surface area contributed by atoms with Gasteiger partial charge in [-0.25, -0.2) is 9.37 Å². The quantitative estimate of drug-likeness (QED) is 0.637. The van der Waals surface area contributed by atoms with E-state index in [1.165, 1.54) is 17.4 Å². The Morgan fingerprint density at radius 1 is 1.15 bits per heavy atom. The van der Waals surface area contributed by atoms with Gasteiger partial charge in [0.2, 0.25) is 5.91 Å². The molecule has 0 fully saturated rings. The molecule has 3 aromatic rings. The maximum Gasteiger partial charge on any atom is 0.242 e. The van der Waals surface area contributed by atoms with E-state index in [2.05, 4.69) is 4.98 Å². The van der Waals surface area contributed by atoms with Gasteiger partial charge < -0.3 is 4.74 Å². The first-order chi connectivity index (χ1) is 12.5. The number of anilines is 1. The van der Waals surface area contributed by atoms with Crippen molar-refractivity contribution >= 4 is 32.6 Å². The van der Waals surface area contributed by atoms with E-state index < -0.39 is 0 Å². The Balaban J connectivity index is 1.51. The van der Waals surface area contributed by atoms with Crippen molar-refractivity contribution in [1.82, 2.24) is 9.88 Å². The lowest BCUT2D eigenvalue weighted by molar-refractivity contribution is -0.119. The molecule has 7 heteroatoms. The van der Waals surface area contributed by atoms with Crippen LogP contribution in [0.5, 0.6) is 5.75 Å². The van der Waals surface area contributed by atoms with Crippen LogP contribution < -0.4 is 9.64 Å². The monoisotopic (exact) mass is 373 g/mol. The third-order valence-electron chi connectivity index (χ3n) is 3.92. The van der Waals surface area contributed by atoms with Gasteiger partial charge in [0.15, 0.2) is 16.7 Å². The molecule has 0 aliphatic rings. The van der Waals surface area contributed by atoms with Crippen molar-refractivity contribution in [1.29, 1.82) is 0 Å². The number of nitrogens with zero attached hydrogens (tertiary/aromatic N) is 3. The van der Waals surface area contributed by atoms with Crippen LogP contribution in [0.2, 0.25) is 0 Å². The minimum atomic E-state index is -0.387. The topological polar surface area (TPSA) is 45.7 Å². The maximum absolute atomic E-state index is 13.5. The van der Waals surface area contributed by atoms with Gasteiger partial charge in [0.25, 0.3) is 0 Å². The zero-order valence-electron chi connectivity index (χ0n) is 14.7. The van der Waals surface area contributed by atoms with Gasteiger partial charge in [-0.1, -0.05) is 35.6 Å². The van der Waals surface area contributed by atoms with Crippen molar-refractivity contribution in [2.75, 3.05) is 38.7 Å². The minimum absolute atomic E-state index is 0.0579. The summed E-state index contributed by atoms with van der Waals surface area (Å²) in [5, 5.41) is 0.673. The summed E-state index contributed by atoms with van der Waals surface area (Å²) in [5.41, 5.74) is 0.888. The number of likely N-dealkylation sites (N-methyl/N-ethyl adjacent to an activating group) is 2. The van der Waals surface area contributed by atoms with Crippen LogP contribution in [0.25, 0.3) is 10.2 Å². The second kappa shape index (κ2) is 8.25. The number of carbonyl (C=O) groups is 1. The van der Waals surface area contributed by atoms with E-state index in [0.717, 1.165) is 10.2 Å². The molecule has 3 rings (SSSR count). The number of hydrogen-bond donors (Lipinski definition) is 0. The van der Waals surface area contributed by atoms with Gasteiger partial charge in [0, 0.05) is 13.6 Å². The molecule has 26 heavy (non-hydrogen) atoms. The Morgan fingerprint density at radius 3 is 2.65 bits per heavy atom. The molecule has 0 radical (unpaired) electrons. The number of halogens is 1. The molecule has 0 atom stereocenters. The van der Waals surface area contributed by atoms with Crippen molar-refractivity contribution in [3.63, 3.8) is 0 Å². The summed E-state index contributed by atoms with van der Waals surface area (Å²) in [7, 11) is 3.55. The zero-order chi connectivity index (χ0) is 18.5. The van der Waals surface area contributed by atoms with E-state index in [0.29, 0.717) is 18.3 Å². The van der Waals surface area contributed by atoms with Gasteiger partial charge in [-0.15, -0.1) is 0 Å². The number of aromatic nitrogens is 1. The van der Waals surface area contributed by atoms with Crippen molar-refractivity contribution in [2.24, 2.45) is 0 Å². The molecule has 0 N–H and O–H groups in total. The number of carbonyl (C=O) groups excluding carboxylic acids is 1. The Labute approximate surface area is 155 Å². The number of fused-ring (bicyclic) bond motifs is 1. The number of benzene rings is 2. The summed E-state index contributed by atoms with van der Waals surface area (Å²) in [6.45, 7) is 1.04. The van der Waals surface area contributed by atoms with Gasteiger partial charge >= 0.3 is 0 Å². The number of amides is 1. The highest BCUT2D eigenvalue weighted by molar-refractivity contribution is 7.22. The molecule has 1 heterocycles. The van der Waals surface area contributed by atoms with Gasteiger partial charge in [0.1, 0.15) is 6.61 Å². The Kier molecular flexibility index (Phi) is 5.80. The third-order valence-corrected chi connectivity index (χ3v) is 5.03. The van der Waals surface area contributed by atoms with Crippen LogP contribution in [0, 0.1) is 5.82 Å². The van der Waals surface area contributed by atoms with E-state index >= 15 is 0 Å². The van der Waals surface area contributed by atoms with Crippen LogP contribution in [-0.2, 0) is 4.79 Å². The molecule has 136 valence electrons. The van der Waals surface area contributed by atoms with Crippen molar-refractivity contribution in [3.8, 4) is 5.75 Å². The Bertz CT molecular complexity index is 866. The lowest BCUT2D eigenvalue weighted by atomic mass is 10.3. The molecule has 0 bridgehead atoms. The number of para-hydroxylation sites is 2. The van der Waals surface area contributed by atoms with Gasteiger partial charge in [0.05, 0.1) is 16.8 Å². The van der Waals surface area contributed by atoms with Crippen LogP contribution >= 0.6 is 11.3 Å². The molecular formula is C19H20FN3O2S. The summed E-state index contributed by atoms with van der Waals surface area (Å²) < 4.78 is 20.0. The third kappa shape index (κ3) is 4.36. The average molecular weight is 373 g/mol. The zero-order valence-corrected chi connectivity index (χ0v) is 15.5. The fourth-order valence-corrected chi connectivity index (χ4v) is 3.34. The predicted octanol–water partition coefficient (Wildman–Crippen LogP) is 3.41. The van der Waals surface area contributed by atoms with Crippen molar-refractivity contribution in [2.45, 2.75) is 0 Å². The average Bonchev–Trinajstić information content (AvgIpc) is 3.06. The summed E-state index contributed by atoms with van der Waals surface area (Å²) in [4.78, 5) is 20.4. The first-order valence-electron chi connectivity index (χ1n) is 8.22. The first-order valence-corrected chi connectivity index (χ1v) is 9.04. The van der Waals surface area contributed by atoms with Crippen LogP contribution in [-0.4, -0.2) is 49.6 Å². The fraction of sp³-hybridized carbons (Fsp3) is 0.263. The highest BCUT2D eigenvalue weighted by Crippen LogP contribution is 2.27. The van der Waals surface area contributed by atoms with Crippen LogP contribution in [0.4, 0.5) is 9.52 Å². The predicted molar refractivity (Wildman–Crippen MR) is 102 cm³/mol. The van der Waals surface area contributed by atoms with Gasteiger partial charge in [-0.2, -0.15) is 0 Å². The molecule has 1 aromatic heterocycles. The number of hydrogen-bond acceptors (Lipinski definition) is 5. The van der Waals surface area contributed by atoms with E-state index in [1.54, 1.807) is 30.1 Å². The molecule has 0 saturated heterocycles. The lowest BCUT2D eigenvalue weighted by Crippen LogP contribution is -2.38. The van der Waals surface area contributed by atoms with Crippen LogP contribution in [0.3, 0.4) is 0 Å². The molecule has 0 saturated carbocycles. The van der Waals surface area contributed by atoms with E-state index in [9.17, 15) is 9.18 Å². The normalized spacial score (nSPS) is 11.1. The standard InChI is InChI=1S/C19H20FN3O2S/c1-22(11-12-25-16-9-5-3-7-14(16)20)13-18(24)23(2)19-21-15-8-4-6-10-17(15)26-19/h3-10H,11-13H2,1-2H3. The summed E-state index contributed by atoms with van der Waals surface area (Å²) in [6.07, 6.45) is 0. The molecule has 5 nitrogen and oxygen atoms in total. The molecule has 0 unspecified atom stereocenters. The number of ether oxygens (including phenoxy) is 1. The molecule has 2 aromatic carbocycles. The first kappa shape index (κ1) is 18.3. The Hall–Kier alpha value is -2.51. The van der Waals surface area contributed by atoms with Gasteiger partial charge in [-0.3, -0.25) is 14.6 Å². The van der Waals surface area contributed by atoms with Crippen LogP contribution in [0.1, 0.15) is 0 Å². The smallest absolute Gasteiger partial charge is 0.242 e. The summed E-state index contributed by atoms with van der Waals surface area (Å²) >= 11 is 1.49. The maximum atomic E-state index is 13.5. The summed E-state index contributed by atoms with van der Waals surface area (Å²) in [6, 6.07) is 14.1. The van der Waals surface area contributed by atoms with E-state index in [4.69, 9.17) is 4.74 Å². The van der Waals surface area contributed by atoms with Crippen molar-refractivity contribution in [3.05, 3.63) is 54.3 Å². The fourth-order valence-electron chi connectivity index (χ4n) is 2.40. The summed E-state index contributed by atoms with van der Waals surface area (Å²) in [5.74, 6) is -0.224. The highest BCUT2D eigenvalue weighted by Gasteiger charge is 2.17. The molecular weight excluding hydrogens is 353 g/mol. The van der Waals surface area contributed by atoms with E-state index in [-0.39, 0.29) is 24.0 Å². The largest absolute Gasteiger partial charge is 0.489 e. The number of rotatable bonds is 7. The molecule has 0 aliphatic heterocycles. The second-order valence-electron chi connectivity index (χ2n) is 5.93. The van der Waals surface area contributed by atoms with Crippen LogP contribution in [0.15, 0.2) is 48.5 Å². The second-order valence-corrected chi connectivity index (χ2v) is 6.94. The van der Waals surface area contributed by atoms with E-state index in [1.807, 2.05) is 36.2 Å². The van der Waals surface area contributed by atoms with Gasteiger partial charge in [-0.05, 0) is 31.3 Å². The lowest BCUT2D eigenvalue weighted by Gasteiger charge is -2.20. The minimum Gasteiger partial charge on any atom is -0.489 e. The molecule has 1 amide bonds. The Morgan fingerprint density at radius 2 is 1.88 bits per heavy atom. The van der Waals surface area contributed by atoms with Crippen molar-refractivity contribution < 1.29 is 13.9 Å². The highest BCUT2D eigenvalue weighted by atomic mass is 32.1. The molecule has 0 aliphatic carbocycles. The molecule has 0 spiro atoms.